The van der Waals surface area contributed by atoms with Gasteiger partial charge in [-0.3, -0.25) is 4.99 Å². The van der Waals surface area contributed by atoms with Gasteiger partial charge in [0.15, 0.2) is 0 Å². The van der Waals surface area contributed by atoms with Crippen molar-refractivity contribution in [1.82, 2.24) is 0 Å². The molecule has 2 heteroatoms. The zero-order valence-electron chi connectivity index (χ0n) is 9.40. The zero-order valence-corrected chi connectivity index (χ0v) is 9.40. The Kier molecular flexibility index (Phi) is 2.76. The summed E-state index contributed by atoms with van der Waals surface area (Å²) in [7, 11) is 0. The maximum atomic E-state index is 5.77. The topological polar surface area (TPSA) is 38.4 Å². The van der Waals surface area contributed by atoms with Crippen LogP contribution in [0.3, 0.4) is 0 Å². The van der Waals surface area contributed by atoms with E-state index in [1.807, 2.05) is 18.2 Å². The third kappa shape index (κ3) is 2.20. The van der Waals surface area contributed by atoms with Crippen molar-refractivity contribution in [3.8, 4) is 0 Å². The normalized spacial score (nSPS) is 30.0. The number of hydrogen-bond donors (Lipinski definition) is 1. The van der Waals surface area contributed by atoms with Crippen LogP contribution in [-0.2, 0) is 0 Å². The van der Waals surface area contributed by atoms with Gasteiger partial charge in [0, 0.05) is 5.69 Å². The molecule has 1 aromatic carbocycles. The second-order valence-corrected chi connectivity index (χ2v) is 4.45. The molecule has 2 atom stereocenters. The Morgan fingerprint density at radius 1 is 1.33 bits per heavy atom. The SMILES string of the molecule is CC1CC/C=c2/cc(N)cc/c2=N/C1C. The number of nitrogens with zero attached hydrogens (tertiary/aromatic N) is 1. The van der Waals surface area contributed by atoms with Crippen LogP contribution >= 0.6 is 0 Å². The quantitative estimate of drug-likeness (QED) is 0.636. The zero-order chi connectivity index (χ0) is 10.8. The first kappa shape index (κ1) is 10.2. The fourth-order valence-corrected chi connectivity index (χ4v) is 1.94. The molecule has 1 heterocycles. The number of hydrogen-bond acceptors (Lipinski definition) is 2. The molecule has 0 bridgehead atoms. The summed E-state index contributed by atoms with van der Waals surface area (Å²) in [6, 6.07) is 6.37. The molecule has 0 amide bonds. The third-order valence-corrected chi connectivity index (χ3v) is 3.20. The van der Waals surface area contributed by atoms with Crippen LogP contribution in [0.15, 0.2) is 23.2 Å². The minimum absolute atomic E-state index is 0.404. The van der Waals surface area contributed by atoms with E-state index in [1.165, 1.54) is 11.6 Å². The van der Waals surface area contributed by atoms with Crippen molar-refractivity contribution < 1.29 is 0 Å². The van der Waals surface area contributed by atoms with E-state index in [0.717, 1.165) is 17.5 Å². The van der Waals surface area contributed by atoms with Gasteiger partial charge >= 0.3 is 0 Å². The first-order valence-corrected chi connectivity index (χ1v) is 5.60. The molecule has 0 aliphatic carbocycles. The highest BCUT2D eigenvalue weighted by molar-refractivity contribution is 5.40. The van der Waals surface area contributed by atoms with E-state index in [-0.39, 0.29) is 0 Å². The summed E-state index contributed by atoms with van der Waals surface area (Å²) < 4.78 is 0. The maximum absolute atomic E-state index is 5.77. The molecule has 2 nitrogen and oxygen atoms in total. The standard InChI is InChI=1S/C13H18N2/c1-9-4-3-5-11-8-12(14)6-7-13(11)15-10(9)2/h5-10H,3-4,14H2,1-2H3/b11-5-,15-13-. The summed E-state index contributed by atoms with van der Waals surface area (Å²) in [5, 5.41) is 2.28. The van der Waals surface area contributed by atoms with Crippen LogP contribution in [0.5, 0.6) is 0 Å². The first-order valence-electron chi connectivity index (χ1n) is 5.60. The van der Waals surface area contributed by atoms with Crippen LogP contribution in [0.4, 0.5) is 5.69 Å². The molecule has 0 spiro atoms. The number of nitrogen functional groups attached to an aromatic ring is 1. The molecule has 1 aliphatic heterocycles. The number of fused-ring (bicyclic) bond motifs is 1. The van der Waals surface area contributed by atoms with E-state index in [2.05, 4.69) is 19.9 Å². The Hall–Kier alpha value is -1.31. The predicted octanol–water partition coefficient (Wildman–Crippen LogP) is 1.49. The summed E-state index contributed by atoms with van der Waals surface area (Å²) in [5.74, 6) is 0.659. The average Bonchev–Trinajstić information content (AvgIpc) is 2.19. The van der Waals surface area contributed by atoms with Crippen LogP contribution < -0.4 is 16.3 Å². The highest BCUT2D eigenvalue weighted by atomic mass is 14.8. The van der Waals surface area contributed by atoms with Gasteiger partial charge in [-0.1, -0.05) is 13.0 Å². The Balaban J connectivity index is 2.59. The van der Waals surface area contributed by atoms with Gasteiger partial charge in [0.1, 0.15) is 0 Å². The van der Waals surface area contributed by atoms with Crippen molar-refractivity contribution >= 4 is 11.8 Å². The molecular weight excluding hydrogens is 184 g/mol. The lowest BCUT2D eigenvalue weighted by Gasteiger charge is -2.16. The van der Waals surface area contributed by atoms with Crippen molar-refractivity contribution in [2.75, 3.05) is 5.73 Å². The largest absolute Gasteiger partial charge is 0.399 e. The van der Waals surface area contributed by atoms with E-state index < -0.39 is 0 Å². The van der Waals surface area contributed by atoms with E-state index in [1.54, 1.807) is 0 Å². The van der Waals surface area contributed by atoms with Crippen LogP contribution in [0, 0.1) is 5.92 Å². The molecule has 15 heavy (non-hydrogen) atoms. The van der Waals surface area contributed by atoms with E-state index in [9.17, 15) is 0 Å². The second kappa shape index (κ2) is 4.05. The monoisotopic (exact) mass is 202 g/mol. The van der Waals surface area contributed by atoms with Crippen LogP contribution in [0.2, 0.25) is 0 Å². The lowest BCUT2D eigenvalue weighted by molar-refractivity contribution is 0.450. The molecule has 2 rings (SSSR count). The maximum Gasteiger partial charge on any atom is 0.0648 e. The number of benzene rings is 1. The summed E-state index contributed by atoms with van der Waals surface area (Å²) in [5.41, 5.74) is 6.59. The van der Waals surface area contributed by atoms with Crippen molar-refractivity contribution in [1.29, 1.82) is 0 Å². The molecule has 1 aromatic rings. The van der Waals surface area contributed by atoms with Gasteiger partial charge < -0.3 is 5.73 Å². The Labute approximate surface area is 90.5 Å². The first-order chi connectivity index (χ1) is 7.16. The highest BCUT2D eigenvalue weighted by Gasteiger charge is 2.11. The third-order valence-electron chi connectivity index (χ3n) is 3.20. The fraction of sp³-hybridized carbons (Fsp3) is 0.462. The van der Waals surface area contributed by atoms with E-state index in [4.69, 9.17) is 10.7 Å². The molecule has 0 saturated carbocycles. The highest BCUT2D eigenvalue weighted by Crippen LogP contribution is 2.14. The van der Waals surface area contributed by atoms with Gasteiger partial charge in [-0.25, -0.2) is 0 Å². The lowest BCUT2D eigenvalue weighted by Crippen LogP contribution is -2.30. The summed E-state index contributed by atoms with van der Waals surface area (Å²) >= 11 is 0. The number of rotatable bonds is 0. The molecule has 0 radical (unpaired) electrons. The Morgan fingerprint density at radius 3 is 2.93 bits per heavy atom. The van der Waals surface area contributed by atoms with Crippen LogP contribution in [0.25, 0.3) is 6.08 Å². The number of nitrogens with two attached hydrogens (primary N) is 1. The Bertz CT molecular complexity index is 462. The van der Waals surface area contributed by atoms with Crippen molar-refractivity contribution in [2.45, 2.75) is 32.7 Å². The van der Waals surface area contributed by atoms with E-state index >= 15 is 0 Å². The smallest absolute Gasteiger partial charge is 0.0648 e. The minimum atomic E-state index is 0.404. The lowest BCUT2D eigenvalue weighted by atomic mass is 9.97. The summed E-state index contributed by atoms with van der Waals surface area (Å²) in [6.45, 7) is 4.46. The average molecular weight is 202 g/mol. The number of anilines is 1. The molecule has 2 unspecified atom stereocenters. The predicted molar refractivity (Wildman–Crippen MR) is 64.0 cm³/mol. The van der Waals surface area contributed by atoms with Crippen molar-refractivity contribution in [3.63, 3.8) is 0 Å². The molecule has 0 fully saturated rings. The van der Waals surface area contributed by atoms with Gasteiger partial charge in [-0.15, -0.1) is 0 Å². The molecule has 0 saturated heterocycles. The molecule has 2 N–H and O–H groups in total. The van der Waals surface area contributed by atoms with Crippen molar-refractivity contribution in [3.05, 3.63) is 28.8 Å². The van der Waals surface area contributed by atoms with Crippen LogP contribution in [-0.4, -0.2) is 6.04 Å². The van der Waals surface area contributed by atoms with Gasteiger partial charge in [0.2, 0.25) is 0 Å². The van der Waals surface area contributed by atoms with Crippen LogP contribution in [0.1, 0.15) is 26.7 Å². The summed E-state index contributed by atoms with van der Waals surface area (Å²) in [4.78, 5) is 4.73. The van der Waals surface area contributed by atoms with Gasteiger partial charge in [0.25, 0.3) is 0 Å². The van der Waals surface area contributed by atoms with Crippen molar-refractivity contribution in [2.24, 2.45) is 10.9 Å². The fourth-order valence-electron chi connectivity index (χ4n) is 1.94. The molecule has 0 aromatic heterocycles. The molecule has 80 valence electrons. The summed E-state index contributed by atoms with van der Waals surface area (Å²) in [6.07, 6.45) is 4.58. The molecule has 1 aliphatic rings. The van der Waals surface area contributed by atoms with Gasteiger partial charge in [-0.05, 0) is 49.1 Å². The second-order valence-electron chi connectivity index (χ2n) is 4.45. The minimum Gasteiger partial charge on any atom is -0.399 e. The van der Waals surface area contributed by atoms with E-state index in [0.29, 0.717) is 12.0 Å². The van der Waals surface area contributed by atoms with Gasteiger partial charge in [-0.2, -0.15) is 0 Å². The Morgan fingerprint density at radius 2 is 2.13 bits per heavy atom. The molecular formula is C13H18N2. The van der Waals surface area contributed by atoms with Gasteiger partial charge in [0.05, 0.1) is 11.4 Å².